The maximum atomic E-state index is 11.8. The van der Waals surface area contributed by atoms with Gasteiger partial charge in [0.05, 0.1) is 10.0 Å². The molecule has 22 heavy (non-hydrogen) atoms. The van der Waals surface area contributed by atoms with Gasteiger partial charge in [0.1, 0.15) is 17.2 Å². The molecule has 3 rings (SSSR count). The molecule has 1 aliphatic heterocycles. The Labute approximate surface area is 136 Å². The minimum Gasteiger partial charge on any atom is -0.457 e. The summed E-state index contributed by atoms with van der Waals surface area (Å²) in [6, 6.07) is 8.15. The highest BCUT2D eigenvalue weighted by atomic mass is 35.5. The van der Waals surface area contributed by atoms with Crippen LogP contribution in [0.15, 0.2) is 40.4 Å². The molecule has 1 fully saturated rings. The topological polar surface area (TPSA) is 62.6 Å². The summed E-state index contributed by atoms with van der Waals surface area (Å²) in [7, 11) is 1.40. The summed E-state index contributed by atoms with van der Waals surface area (Å²) in [6.45, 7) is 0. The summed E-state index contributed by atoms with van der Waals surface area (Å²) in [4.78, 5) is 24.2. The molecule has 1 N–H and O–H groups in total. The van der Waals surface area contributed by atoms with E-state index in [1.807, 2.05) is 0 Å². The van der Waals surface area contributed by atoms with Gasteiger partial charge in [-0.3, -0.25) is 9.69 Å². The number of benzene rings is 1. The highest BCUT2D eigenvalue weighted by molar-refractivity contribution is 6.43. The molecule has 1 saturated heterocycles. The van der Waals surface area contributed by atoms with Crippen molar-refractivity contribution in [1.29, 1.82) is 0 Å². The number of halogens is 2. The minimum absolute atomic E-state index is 0.158. The number of hydrogen-bond donors (Lipinski definition) is 1. The lowest BCUT2D eigenvalue weighted by atomic mass is 10.2. The van der Waals surface area contributed by atoms with E-state index in [9.17, 15) is 9.59 Å². The Morgan fingerprint density at radius 1 is 1.18 bits per heavy atom. The van der Waals surface area contributed by atoms with Crippen LogP contribution in [0.3, 0.4) is 0 Å². The number of carbonyl (C=O) groups excluding carboxylic acids is 2. The smallest absolute Gasteiger partial charge is 0.328 e. The van der Waals surface area contributed by atoms with Crippen molar-refractivity contribution in [2.75, 3.05) is 7.05 Å². The van der Waals surface area contributed by atoms with Crippen molar-refractivity contribution >= 4 is 41.2 Å². The third-order valence-corrected chi connectivity index (χ3v) is 4.03. The molecule has 0 spiro atoms. The van der Waals surface area contributed by atoms with Gasteiger partial charge in [0, 0.05) is 18.7 Å². The summed E-state index contributed by atoms with van der Waals surface area (Å²) >= 11 is 12.1. The fraction of sp³-hybridized carbons (Fsp3) is 0.0667. The second-order valence-electron chi connectivity index (χ2n) is 4.66. The van der Waals surface area contributed by atoms with E-state index in [1.165, 1.54) is 13.1 Å². The van der Waals surface area contributed by atoms with Crippen molar-refractivity contribution < 1.29 is 14.0 Å². The molecule has 7 heteroatoms. The van der Waals surface area contributed by atoms with E-state index in [0.717, 1.165) is 4.90 Å². The summed E-state index contributed by atoms with van der Waals surface area (Å²) in [5, 5.41) is 3.28. The number of nitrogens with one attached hydrogen (secondary N) is 1. The lowest BCUT2D eigenvalue weighted by molar-refractivity contribution is -0.121. The zero-order valence-corrected chi connectivity index (χ0v) is 12.9. The molecule has 0 unspecified atom stereocenters. The molecule has 1 aliphatic rings. The minimum atomic E-state index is -0.471. The normalized spacial score (nSPS) is 16.5. The summed E-state index contributed by atoms with van der Waals surface area (Å²) < 4.78 is 5.64. The van der Waals surface area contributed by atoms with Crippen LogP contribution < -0.4 is 5.32 Å². The standard InChI is InChI=1S/C15H10Cl2N2O3/c1-19-14(20)11(18-15(19)21)7-8-5-6-12(22-8)9-3-2-4-10(16)13(9)17/h2-7H,1H3,(H,18,21)/b11-7-. The molecule has 0 radical (unpaired) electrons. The quantitative estimate of drug-likeness (QED) is 0.670. The Morgan fingerprint density at radius 3 is 2.64 bits per heavy atom. The first kappa shape index (κ1) is 14.7. The predicted octanol–water partition coefficient (Wildman–Crippen LogP) is 3.78. The fourth-order valence-corrected chi connectivity index (χ4v) is 2.43. The van der Waals surface area contributed by atoms with E-state index in [4.69, 9.17) is 27.6 Å². The molecule has 5 nitrogen and oxygen atoms in total. The highest BCUT2D eigenvalue weighted by Crippen LogP contribution is 2.34. The number of likely N-dealkylation sites (N-methyl/N-ethyl adjacent to an activating group) is 1. The zero-order chi connectivity index (χ0) is 15.9. The third-order valence-electron chi connectivity index (χ3n) is 3.21. The number of imide groups is 1. The van der Waals surface area contributed by atoms with Crippen molar-refractivity contribution in [3.05, 3.63) is 51.8 Å². The van der Waals surface area contributed by atoms with Crippen molar-refractivity contribution in [1.82, 2.24) is 10.2 Å². The SMILES string of the molecule is CN1C(=O)N/C(=C\c2ccc(-c3cccc(Cl)c3Cl)o2)C1=O. The van der Waals surface area contributed by atoms with Crippen LogP contribution in [0, 0.1) is 0 Å². The van der Waals surface area contributed by atoms with Crippen molar-refractivity contribution in [2.24, 2.45) is 0 Å². The molecule has 0 atom stereocenters. The van der Waals surface area contributed by atoms with E-state index in [2.05, 4.69) is 5.32 Å². The molecule has 0 aliphatic carbocycles. The number of carbonyl (C=O) groups is 2. The van der Waals surface area contributed by atoms with Crippen LogP contribution in [0.1, 0.15) is 5.76 Å². The lowest BCUT2D eigenvalue weighted by Gasteiger charge is -2.02. The first-order chi connectivity index (χ1) is 10.5. The number of furan rings is 1. The van der Waals surface area contributed by atoms with Crippen LogP contribution in [0.2, 0.25) is 10.0 Å². The monoisotopic (exact) mass is 336 g/mol. The number of amides is 3. The van der Waals surface area contributed by atoms with Gasteiger partial charge < -0.3 is 9.73 Å². The van der Waals surface area contributed by atoms with Crippen molar-refractivity contribution in [3.8, 4) is 11.3 Å². The maximum Gasteiger partial charge on any atom is 0.328 e. The molecule has 1 aromatic heterocycles. The Hall–Kier alpha value is -2.24. The van der Waals surface area contributed by atoms with Crippen LogP contribution in [-0.2, 0) is 4.79 Å². The second kappa shape index (κ2) is 5.51. The average molecular weight is 337 g/mol. The van der Waals surface area contributed by atoms with Gasteiger partial charge in [-0.1, -0.05) is 29.3 Å². The van der Waals surface area contributed by atoms with Gasteiger partial charge in [-0.15, -0.1) is 0 Å². The van der Waals surface area contributed by atoms with Gasteiger partial charge in [0.25, 0.3) is 5.91 Å². The number of rotatable bonds is 2. The van der Waals surface area contributed by atoms with E-state index < -0.39 is 11.9 Å². The van der Waals surface area contributed by atoms with Gasteiger partial charge in [0.2, 0.25) is 0 Å². The van der Waals surface area contributed by atoms with E-state index in [-0.39, 0.29) is 5.70 Å². The van der Waals surface area contributed by atoms with Crippen LogP contribution in [-0.4, -0.2) is 23.9 Å². The van der Waals surface area contributed by atoms with Crippen LogP contribution in [0.4, 0.5) is 4.79 Å². The Balaban J connectivity index is 1.94. The summed E-state index contributed by atoms with van der Waals surface area (Å²) in [5.41, 5.74) is 0.809. The highest BCUT2D eigenvalue weighted by Gasteiger charge is 2.30. The Morgan fingerprint density at radius 2 is 1.95 bits per heavy atom. The first-order valence-electron chi connectivity index (χ1n) is 6.32. The molecule has 1 aromatic carbocycles. The maximum absolute atomic E-state index is 11.8. The largest absolute Gasteiger partial charge is 0.457 e. The summed E-state index contributed by atoms with van der Waals surface area (Å²) in [5.74, 6) is 0.526. The number of urea groups is 1. The molecule has 2 heterocycles. The van der Waals surface area contributed by atoms with Crippen molar-refractivity contribution in [2.45, 2.75) is 0 Å². The van der Waals surface area contributed by atoms with E-state index in [1.54, 1.807) is 30.3 Å². The van der Waals surface area contributed by atoms with Gasteiger partial charge in [-0.2, -0.15) is 0 Å². The van der Waals surface area contributed by atoms with Gasteiger partial charge in [0.15, 0.2) is 0 Å². The molecular weight excluding hydrogens is 327 g/mol. The van der Waals surface area contributed by atoms with Crippen LogP contribution in [0.5, 0.6) is 0 Å². The zero-order valence-electron chi connectivity index (χ0n) is 11.4. The van der Waals surface area contributed by atoms with Gasteiger partial charge in [-0.25, -0.2) is 4.79 Å². The van der Waals surface area contributed by atoms with Gasteiger partial charge in [-0.05, 0) is 24.3 Å². The molecule has 0 bridgehead atoms. The lowest BCUT2D eigenvalue weighted by Crippen LogP contribution is -2.25. The van der Waals surface area contributed by atoms with Crippen LogP contribution >= 0.6 is 23.2 Å². The molecule has 0 saturated carbocycles. The van der Waals surface area contributed by atoms with Crippen molar-refractivity contribution in [3.63, 3.8) is 0 Å². The summed E-state index contributed by atoms with van der Waals surface area (Å²) in [6.07, 6.45) is 1.46. The Kier molecular flexibility index (Phi) is 3.68. The molecule has 3 amide bonds. The number of nitrogens with zero attached hydrogens (tertiary/aromatic N) is 1. The van der Waals surface area contributed by atoms with E-state index in [0.29, 0.717) is 27.1 Å². The molecule has 112 valence electrons. The molecular formula is C15H10Cl2N2O3. The Bertz CT molecular complexity index is 811. The van der Waals surface area contributed by atoms with Crippen LogP contribution in [0.25, 0.3) is 17.4 Å². The van der Waals surface area contributed by atoms with E-state index >= 15 is 0 Å². The average Bonchev–Trinajstić information content (AvgIpc) is 3.04. The third kappa shape index (κ3) is 2.49. The number of hydrogen-bond acceptors (Lipinski definition) is 3. The predicted molar refractivity (Wildman–Crippen MR) is 83.4 cm³/mol. The second-order valence-corrected chi connectivity index (χ2v) is 5.44. The van der Waals surface area contributed by atoms with Gasteiger partial charge >= 0.3 is 6.03 Å². The fourth-order valence-electron chi connectivity index (χ4n) is 2.03. The molecule has 2 aromatic rings. The first-order valence-corrected chi connectivity index (χ1v) is 7.08.